The van der Waals surface area contributed by atoms with Crippen LogP contribution in [0.1, 0.15) is 19.3 Å². The molecule has 4 N–H and O–H groups in total. The molecule has 1 saturated heterocycles. The Bertz CT molecular complexity index is 332. The van der Waals surface area contributed by atoms with Gasteiger partial charge in [0.05, 0.1) is 12.5 Å². The van der Waals surface area contributed by atoms with Crippen LogP contribution in [0.15, 0.2) is 0 Å². The van der Waals surface area contributed by atoms with E-state index >= 15 is 0 Å². The van der Waals surface area contributed by atoms with Gasteiger partial charge in [-0.1, -0.05) is 0 Å². The number of hydrogen-bond acceptors (Lipinski definition) is 4. The van der Waals surface area contributed by atoms with Gasteiger partial charge in [-0.25, -0.2) is 4.79 Å². The molecule has 7 heteroatoms. The molecule has 0 aliphatic carbocycles. The molecule has 0 aromatic heterocycles. The second-order valence-electron chi connectivity index (χ2n) is 4.21. The molecule has 0 spiro atoms. The summed E-state index contributed by atoms with van der Waals surface area (Å²) in [5.41, 5.74) is 4.92. The van der Waals surface area contributed by atoms with Crippen molar-refractivity contribution < 1.29 is 19.5 Å². The van der Waals surface area contributed by atoms with Gasteiger partial charge in [0, 0.05) is 0 Å². The van der Waals surface area contributed by atoms with Crippen molar-refractivity contribution in [2.45, 2.75) is 31.3 Å². The summed E-state index contributed by atoms with van der Waals surface area (Å²) in [5.74, 6) is -2.37. The molecule has 1 unspecified atom stereocenters. The summed E-state index contributed by atoms with van der Waals surface area (Å²) in [7, 11) is 1.81. The Kier molecular flexibility index (Phi) is 4.45. The van der Waals surface area contributed by atoms with Gasteiger partial charge in [0.15, 0.2) is 0 Å². The normalized spacial score (nSPS) is 22.1. The number of nitrogens with one attached hydrogen (secondary N) is 1. The lowest BCUT2D eigenvalue weighted by Gasteiger charge is -2.21. The average molecular weight is 243 g/mol. The molecule has 0 bridgehead atoms. The maximum atomic E-state index is 11.8. The van der Waals surface area contributed by atoms with Crippen molar-refractivity contribution in [2.24, 2.45) is 5.73 Å². The molecule has 1 fully saturated rings. The first-order valence-corrected chi connectivity index (χ1v) is 5.43. The lowest BCUT2D eigenvalue weighted by atomic mass is 10.1. The summed E-state index contributed by atoms with van der Waals surface area (Å²) in [6, 6.07) is -1.56. The Labute approximate surface area is 98.9 Å². The first-order valence-electron chi connectivity index (χ1n) is 5.43. The summed E-state index contributed by atoms with van der Waals surface area (Å²) < 4.78 is 0. The molecule has 0 radical (unpaired) electrons. The number of likely N-dealkylation sites (N-methyl/N-ethyl adjacent to an activating group) is 1. The van der Waals surface area contributed by atoms with Crippen molar-refractivity contribution >= 4 is 17.8 Å². The molecule has 1 rings (SSSR count). The number of carboxylic acids is 1. The third-order valence-electron chi connectivity index (χ3n) is 2.84. The molecular formula is C10H17N3O4. The summed E-state index contributed by atoms with van der Waals surface area (Å²) in [4.78, 5) is 35.2. The zero-order valence-electron chi connectivity index (χ0n) is 9.68. The minimum absolute atomic E-state index is 0.315. The Morgan fingerprint density at radius 3 is 2.59 bits per heavy atom. The van der Waals surface area contributed by atoms with E-state index in [0.29, 0.717) is 6.42 Å². The SMILES string of the molecule is CN1CCCC1C(=O)N[C@@H](CC(N)=O)C(=O)O. The van der Waals surface area contributed by atoms with Crippen LogP contribution in [0.4, 0.5) is 0 Å². The lowest BCUT2D eigenvalue weighted by Crippen LogP contribution is -2.49. The number of aliphatic carboxylic acids is 1. The van der Waals surface area contributed by atoms with Crippen LogP contribution >= 0.6 is 0 Å². The van der Waals surface area contributed by atoms with Crippen molar-refractivity contribution in [1.82, 2.24) is 10.2 Å². The first kappa shape index (κ1) is 13.4. The number of rotatable bonds is 5. The van der Waals surface area contributed by atoms with Crippen molar-refractivity contribution in [1.29, 1.82) is 0 Å². The van der Waals surface area contributed by atoms with E-state index < -0.39 is 24.3 Å². The van der Waals surface area contributed by atoms with E-state index in [-0.39, 0.29) is 11.9 Å². The van der Waals surface area contributed by atoms with E-state index in [1.54, 1.807) is 7.05 Å². The van der Waals surface area contributed by atoms with Crippen LogP contribution < -0.4 is 11.1 Å². The Morgan fingerprint density at radius 2 is 2.18 bits per heavy atom. The number of likely N-dealkylation sites (tertiary alicyclic amines) is 1. The quantitative estimate of drug-likeness (QED) is 0.545. The first-order chi connectivity index (χ1) is 7.91. The van der Waals surface area contributed by atoms with Gasteiger partial charge in [-0.15, -0.1) is 0 Å². The van der Waals surface area contributed by atoms with Gasteiger partial charge in [-0.3, -0.25) is 14.5 Å². The highest BCUT2D eigenvalue weighted by Crippen LogP contribution is 2.14. The van der Waals surface area contributed by atoms with Crippen molar-refractivity contribution in [3.8, 4) is 0 Å². The molecule has 17 heavy (non-hydrogen) atoms. The second kappa shape index (κ2) is 5.62. The maximum Gasteiger partial charge on any atom is 0.326 e. The molecule has 1 aliphatic rings. The summed E-state index contributed by atoms with van der Waals surface area (Å²) >= 11 is 0. The van der Waals surface area contributed by atoms with Gasteiger partial charge < -0.3 is 16.2 Å². The zero-order chi connectivity index (χ0) is 13.0. The largest absolute Gasteiger partial charge is 0.480 e. The van der Waals surface area contributed by atoms with Gasteiger partial charge in [-0.05, 0) is 26.4 Å². The lowest BCUT2D eigenvalue weighted by molar-refractivity contribution is -0.143. The van der Waals surface area contributed by atoms with Gasteiger partial charge >= 0.3 is 5.97 Å². The Morgan fingerprint density at radius 1 is 1.53 bits per heavy atom. The summed E-state index contributed by atoms with van der Waals surface area (Å²) in [5, 5.41) is 11.2. The smallest absolute Gasteiger partial charge is 0.326 e. The molecule has 7 nitrogen and oxygen atoms in total. The highest BCUT2D eigenvalue weighted by Gasteiger charge is 2.31. The van der Waals surface area contributed by atoms with Crippen molar-refractivity contribution in [3.05, 3.63) is 0 Å². The minimum atomic E-state index is -1.25. The highest BCUT2D eigenvalue weighted by molar-refractivity contribution is 5.90. The van der Waals surface area contributed by atoms with Gasteiger partial charge in [0.25, 0.3) is 0 Å². The van der Waals surface area contributed by atoms with Crippen LogP contribution in [0.3, 0.4) is 0 Å². The topological polar surface area (TPSA) is 113 Å². The molecule has 0 aromatic rings. The molecule has 1 aliphatic heterocycles. The van der Waals surface area contributed by atoms with Gasteiger partial charge in [0.2, 0.25) is 11.8 Å². The van der Waals surface area contributed by atoms with Crippen molar-refractivity contribution in [2.75, 3.05) is 13.6 Å². The van der Waals surface area contributed by atoms with Crippen molar-refractivity contribution in [3.63, 3.8) is 0 Å². The zero-order valence-corrected chi connectivity index (χ0v) is 9.68. The summed E-state index contributed by atoms with van der Waals surface area (Å²) in [6.45, 7) is 0.811. The number of carbonyl (C=O) groups excluding carboxylic acids is 2. The third kappa shape index (κ3) is 3.70. The van der Waals surface area contributed by atoms with E-state index in [0.717, 1.165) is 13.0 Å². The third-order valence-corrected chi connectivity index (χ3v) is 2.84. The number of amides is 2. The monoisotopic (exact) mass is 243 g/mol. The van der Waals surface area contributed by atoms with Gasteiger partial charge in [-0.2, -0.15) is 0 Å². The molecule has 0 saturated carbocycles. The average Bonchev–Trinajstić information content (AvgIpc) is 2.62. The number of carboxylic acid groups (broad SMARTS) is 1. The van der Waals surface area contributed by atoms with Crippen LogP contribution in [0.2, 0.25) is 0 Å². The van der Waals surface area contributed by atoms with E-state index in [2.05, 4.69) is 5.32 Å². The van der Waals surface area contributed by atoms with Crippen LogP contribution in [0.5, 0.6) is 0 Å². The Balaban J connectivity index is 2.57. The maximum absolute atomic E-state index is 11.8. The highest BCUT2D eigenvalue weighted by atomic mass is 16.4. The Hall–Kier alpha value is -1.63. The molecular weight excluding hydrogens is 226 g/mol. The van der Waals surface area contributed by atoms with Gasteiger partial charge in [0.1, 0.15) is 6.04 Å². The second-order valence-corrected chi connectivity index (χ2v) is 4.21. The number of hydrogen-bond donors (Lipinski definition) is 3. The van der Waals surface area contributed by atoms with Crippen LogP contribution in [0.25, 0.3) is 0 Å². The van der Waals surface area contributed by atoms with E-state index in [1.165, 1.54) is 0 Å². The minimum Gasteiger partial charge on any atom is -0.480 e. The van der Waals surface area contributed by atoms with Crippen LogP contribution in [0, 0.1) is 0 Å². The van der Waals surface area contributed by atoms with Crippen LogP contribution in [-0.2, 0) is 14.4 Å². The fourth-order valence-corrected chi connectivity index (χ4v) is 1.91. The molecule has 96 valence electrons. The van der Waals surface area contributed by atoms with E-state index in [1.807, 2.05) is 4.90 Å². The van der Waals surface area contributed by atoms with E-state index in [9.17, 15) is 14.4 Å². The number of carbonyl (C=O) groups is 3. The predicted molar refractivity (Wildman–Crippen MR) is 59.0 cm³/mol. The fraction of sp³-hybridized carbons (Fsp3) is 0.700. The molecule has 2 amide bonds. The number of nitrogens with zero attached hydrogens (tertiary/aromatic N) is 1. The molecule has 0 aromatic carbocycles. The fourth-order valence-electron chi connectivity index (χ4n) is 1.91. The number of nitrogens with two attached hydrogens (primary N) is 1. The van der Waals surface area contributed by atoms with E-state index in [4.69, 9.17) is 10.8 Å². The van der Waals surface area contributed by atoms with Crippen LogP contribution in [-0.4, -0.2) is 53.5 Å². The molecule has 1 heterocycles. The predicted octanol–water partition coefficient (Wildman–Crippen LogP) is -1.47. The standard InChI is InChI=1S/C10H17N3O4/c1-13-4-2-3-7(13)9(15)12-6(10(16)17)5-8(11)14/h6-7H,2-5H2,1H3,(H2,11,14)(H,12,15)(H,16,17)/t6-,7?/m0/s1. The molecule has 2 atom stereocenters. The summed E-state index contributed by atoms with van der Waals surface area (Å²) in [6.07, 6.45) is 1.21. The number of primary amides is 1.